The minimum atomic E-state index is -3.69. The van der Waals surface area contributed by atoms with Crippen LogP contribution in [-0.2, 0) is 14.8 Å². The number of hydrogen-bond donors (Lipinski definition) is 2. The van der Waals surface area contributed by atoms with Gasteiger partial charge in [-0.05, 0) is 49.2 Å². The molecule has 1 saturated heterocycles. The van der Waals surface area contributed by atoms with E-state index in [1.165, 1.54) is 28.6 Å². The van der Waals surface area contributed by atoms with E-state index in [4.69, 9.17) is 10.5 Å². The van der Waals surface area contributed by atoms with Gasteiger partial charge in [-0.2, -0.15) is 4.31 Å². The molecule has 2 amide bonds. The number of carbonyl (C=O) groups is 2. The molecule has 0 saturated carbocycles. The maximum absolute atomic E-state index is 12.8. The molecule has 0 aromatic heterocycles. The van der Waals surface area contributed by atoms with Crippen LogP contribution in [0.15, 0.2) is 53.4 Å². The number of carbonyl (C=O) groups excluding carboxylic acids is 2. The van der Waals surface area contributed by atoms with E-state index in [-0.39, 0.29) is 35.4 Å². The lowest BCUT2D eigenvalue weighted by Crippen LogP contribution is -2.41. The molecule has 2 aromatic carbocycles. The first-order valence-corrected chi connectivity index (χ1v) is 10.6. The maximum atomic E-state index is 12.8. The first kappa shape index (κ1) is 20.8. The average molecular weight is 417 g/mol. The lowest BCUT2D eigenvalue weighted by molar-refractivity contribution is -0.120. The molecule has 0 unspecified atom stereocenters. The lowest BCUT2D eigenvalue weighted by atomic mass is 9.97. The summed E-state index contributed by atoms with van der Waals surface area (Å²) in [5.74, 6) is -0.381. The SMILES string of the molecule is COc1cccc(NC(=O)C2CCN(S(=O)(=O)c3ccc(C(N)=O)cc3)CC2)c1. The molecule has 3 N–H and O–H groups in total. The Hall–Kier alpha value is -2.91. The predicted molar refractivity (Wildman–Crippen MR) is 108 cm³/mol. The van der Waals surface area contributed by atoms with Crippen molar-refractivity contribution in [3.63, 3.8) is 0 Å². The number of piperidine rings is 1. The predicted octanol–water partition coefficient (Wildman–Crippen LogP) is 1.83. The van der Waals surface area contributed by atoms with Gasteiger partial charge < -0.3 is 15.8 Å². The highest BCUT2D eigenvalue weighted by atomic mass is 32.2. The number of rotatable bonds is 6. The summed E-state index contributed by atoms with van der Waals surface area (Å²) in [6.07, 6.45) is 0.850. The molecule has 0 aliphatic carbocycles. The van der Waals surface area contributed by atoms with Crippen LogP contribution in [-0.4, -0.2) is 44.7 Å². The quantitative estimate of drug-likeness (QED) is 0.743. The second-order valence-corrected chi connectivity index (χ2v) is 8.73. The fourth-order valence-electron chi connectivity index (χ4n) is 3.24. The number of nitrogens with zero attached hydrogens (tertiary/aromatic N) is 1. The molecule has 1 fully saturated rings. The minimum absolute atomic E-state index is 0.0989. The van der Waals surface area contributed by atoms with Crippen molar-refractivity contribution < 1.29 is 22.7 Å². The van der Waals surface area contributed by atoms with E-state index in [2.05, 4.69) is 5.32 Å². The second kappa shape index (κ2) is 8.62. The Balaban J connectivity index is 1.61. The van der Waals surface area contributed by atoms with Crippen LogP contribution in [0.3, 0.4) is 0 Å². The Bertz CT molecular complexity index is 997. The molecule has 29 heavy (non-hydrogen) atoms. The van der Waals surface area contributed by atoms with Crippen LogP contribution in [0, 0.1) is 5.92 Å². The van der Waals surface area contributed by atoms with Gasteiger partial charge in [-0.3, -0.25) is 9.59 Å². The summed E-state index contributed by atoms with van der Waals surface area (Å²) in [7, 11) is -2.13. The molecule has 1 heterocycles. The first-order chi connectivity index (χ1) is 13.8. The Morgan fingerprint density at radius 3 is 2.34 bits per heavy atom. The molecule has 9 heteroatoms. The molecule has 0 radical (unpaired) electrons. The standard InChI is InChI=1S/C20H23N3O5S/c1-28-17-4-2-3-16(13-17)22-20(25)15-9-11-23(12-10-15)29(26,27)18-7-5-14(6-8-18)19(21)24/h2-8,13,15H,9-12H2,1H3,(H2,21,24)(H,22,25). The molecule has 1 aliphatic heterocycles. The lowest BCUT2D eigenvalue weighted by Gasteiger charge is -2.30. The summed E-state index contributed by atoms with van der Waals surface area (Å²) in [6, 6.07) is 12.6. The molecule has 8 nitrogen and oxygen atoms in total. The van der Waals surface area contributed by atoms with Crippen molar-refractivity contribution >= 4 is 27.5 Å². The molecular formula is C20H23N3O5S. The minimum Gasteiger partial charge on any atom is -0.497 e. The molecule has 154 valence electrons. The van der Waals surface area contributed by atoms with E-state index in [0.29, 0.717) is 24.3 Å². The van der Waals surface area contributed by atoms with Gasteiger partial charge in [0.15, 0.2) is 0 Å². The van der Waals surface area contributed by atoms with Crippen LogP contribution < -0.4 is 15.8 Å². The fraction of sp³-hybridized carbons (Fsp3) is 0.300. The Morgan fingerprint density at radius 2 is 1.76 bits per heavy atom. The second-order valence-electron chi connectivity index (χ2n) is 6.79. The Labute approximate surface area is 169 Å². The van der Waals surface area contributed by atoms with Gasteiger partial charge in [-0.25, -0.2) is 8.42 Å². The van der Waals surface area contributed by atoms with Crippen molar-refractivity contribution in [2.45, 2.75) is 17.7 Å². The van der Waals surface area contributed by atoms with Crippen LogP contribution in [0.25, 0.3) is 0 Å². The summed E-state index contributed by atoms with van der Waals surface area (Å²) >= 11 is 0. The summed E-state index contributed by atoms with van der Waals surface area (Å²) < 4.78 is 32.1. The molecule has 0 bridgehead atoms. The summed E-state index contributed by atoms with van der Waals surface area (Å²) in [4.78, 5) is 23.8. The number of anilines is 1. The molecule has 0 spiro atoms. The maximum Gasteiger partial charge on any atom is 0.248 e. The monoisotopic (exact) mass is 417 g/mol. The Morgan fingerprint density at radius 1 is 1.10 bits per heavy atom. The number of methoxy groups -OCH3 is 1. The topological polar surface area (TPSA) is 119 Å². The Kier molecular flexibility index (Phi) is 6.19. The third-order valence-corrected chi connectivity index (χ3v) is 6.85. The molecule has 0 atom stereocenters. The van der Waals surface area contributed by atoms with Crippen molar-refractivity contribution in [2.75, 3.05) is 25.5 Å². The van der Waals surface area contributed by atoms with Crippen molar-refractivity contribution in [2.24, 2.45) is 11.7 Å². The van der Waals surface area contributed by atoms with Gasteiger partial charge in [0.1, 0.15) is 5.75 Å². The highest BCUT2D eigenvalue weighted by Crippen LogP contribution is 2.26. The summed E-state index contributed by atoms with van der Waals surface area (Å²) in [5.41, 5.74) is 6.07. The van der Waals surface area contributed by atoms with Crippen LogP contribution in [0.1, 0.15) is 23.2 Å². The fourth-order valence-corrected chi connectivity index (χ4v) is 4.71. The van der Waals surface area contributed by atoms with Gasteiger partial charge in [0.25, 0.3) is 0 Å². The number of amides is 2. The van der Waals surface area contributed by atoms with Crippen LogP contribution in [0.4, 0.5) is 5.69 Å². The van der Waals surface area contributed by atoms with Crippen LogP contribution >= 0.6 is 0 Å². The van der Waals surface area contributed by atoms with Crippen molar-refractivity contribution in [1.29, 1.82) is 0 Å². The highest BCUT2D eigenvalue weighted by Gasteiger charge is 2.32. The van der Waals surface area contributed by atoms with Crippen molar-refractivity contribution in [3.8, 4) is 5.75 Å². The number of sulfonamides is 1. The van der Waals surface area contributed by atoms with E-state index < -0.39 is 15.9 Å². The zero-order valence-corrected chi connectivity index (χ0v) is 16.8. The number of primary amides is 1. The molecule has 3 rings (SSSR count). The number of ether oxygens (including phenoxy) is 1. The smallest absolute Gasteiger partial charge is 0.248 e. The normalized spacial score (nSPS) is 15.6. The van der Waals surface area contributed by atoms with E-state index in [0.717, 1.165) is 0 Å². The van der Waals surface area contributed by atoms with Gasteiger partial charge in [0, 0.05) is 36.3 Å². The van der Waals surface area contributed by atoms with Crippen molar-refractivity contribution in [3.05, 3.63) is 54.1 Å². The summed E-state index contributed by atoms with van der Waals surface area (Å²) in [5, 5.41) is 2.86. The van der Waals surface area contributed by atoms with Gasteiger partial charge in [-0.1, -0.05) is 6.07 Å². The first-order valence-electron chi connectivity index (χ1n) is 9.16. The van der Waals surface area contributed by atoms with E-state index in [1.54, 1.807) is 31.4 Å². The van der Waals surface area contributed by atoms with E-state index >= 15 is 0 Å². The summed E-state index contributed by atoms with van der Waals surface area (Å²) in [6.45, 7) is 0.492. The highest BCUT2D eigenvalue weighted by molar-refractivity contribution is 7.89. The molecule has 1 aliphatic rings. The molecular weight excluding hydrogens is 394 g/mol. The van der Waals surface area contributed by atoms with Gasteiger partial charge in [0.05, 0.1) is 12.0 Å². The number of nitrogens with one attached hydrogen (secondary N) is 1. The zero-order valence-electron chi connectivity index (χ0n) is 16.0. The van der Waals surface area contributed by atoms with Gasteiger partial charge in [-0.15, -0.1) is 0 Å². The van der Waals surface area contributed by atoms with Crippen LogP contribution in [0.2, 0.25) is 0 Å². The largest absolute Gasteiger partial charge is 0.497 e. The zero-order chi connectivity index (χ0) is 21.0. The number of hydrogen-bond acceptors (Lipinski definition) is 5. The van der Waals surface area contributed by atoms with E-state index in [9.17, 15) is 18.0 Å². The van der Waals surface area contributed by atoms with Crippen molar-refractivity contribution in [1.82, 2.24) is 4.31 Å². The average Bonchev–Trinajstić information content (AvgIpc) is 2.74. The number of nitrogens with two attached hydrogens (primary N) is 1. The van der Waals surface area contributed by atoms with Crippen LogP contribution in [0.5, 0.6) is 5.75 Å². The van der Waals surface area contributed by atoms with E-state index in [1.807, 2.05) is 0 Å². The van der Waals surface area contributed by atoms with Gasteiger partial charge >= 0.3 is 0 Å². The number of benzene rings is 2. The third kappa shape index (κ3) is 4.75. The molecule has 2 aromatic rings. The third-order valence-electron chi connectivity index (χ3n) is 4.94. The van der Waals surface area contributed by atoms with Gasteiger partial charge in [0.2, 0.25) is 21.8 Å².